The van der Waals surface area contributed by atoms with Crippen LogP contribution in [0, 0.1) is 22.7 Å². The monoisotopic (exact) mass is 538 g/mol. The zero-order valence-electron chi connectivity index (χ0n) is 20.8. The van der Waals surface area contributed by atoms with Crippen LogP contribution in [0.4, 0.5) is 0 Å². The van der Waals surface area contributed by atoms with Gasteiger partial charge in [0.05, 0.1) is 0 Å². The van der Waals surface area contributed by atoms with Crippen LogP contribution in [0.3, 0.4) is 0 Å². The average Bonchev–Trinajstić information content (AvgIpc) is 3.28. The van der Waals surface area contributed by atoms with Gasteiger partial charge in [0.25, 0.3) is 0 Å². The van der Waals surface area contributed by atoms with Gasteiger partial charge in [-0.1, -0.05) is 0 Å². The molecule has 31 heavy (non-hydrogen) atoms. The predicted molar refractivity (Wildman–Crippen MR) is 136 cm³/mol. The van der Waals surface area contributed by atoms with Gasteiger partial charge < -0.3 is 0 Å². The van der Waals surface area contributed by atoms with Gasteiger partial charge in [-0.15, -0.1) is 0 Å². The molecule has 172 valence electrons. The Kier molecular flexibility index (Phi) is 6.24. The average molecular weight is 541 g/mol. The van der Waals surface area contributed by atoms with Crippen molar-refractivity contribution in [2.24, 2.45) is 22.7 Å². The number of hydrogen-bond donors (Lipinski definition) is 0. The Morgan fingerprint density at radius 2 is 1.06 bits per heavy atom. The van der Waals surface area contributed by atoms with E-state index in [9.17, 15) is 0 Å². The molecule has 3 heteroatoms. The van der Waals surface area contributed by atoms with Crippen LogP contribution < -0.4 is 0 Å². The van der Waals surface area contributed by atoms with Crippen molar-refractivity contribution in [2.45, 2.75) is 99.8 Å². The van der Waals surface area contributed by atoms with Gasteiger partial charge in [-0.25, -0.2) is 0 Å². The number of allylic oxidation sites excluding steroid dienone is 8. The van der Waals surface area contributed by atoms with Crippen molar-refractivity contribution in [1.82, 2.24) is 0 Å². The van der Waals surface area contributed by atoms with Crippen LogP contribution in [0.25, 0.3) is 0 Å². The van der Waals surface area contributed by atoms with Gasteiger partial charge >= 0.3 is 200 Å². The maximum absolute atomic E-state index is 8.05. The summed E-state index contributed by atoms with van der Waals surface area (Å²) in [6.07, 6.45) is 15.1. The molecule has 4 aliphatic carbocycles. The van der Waals surface area contributed by atoms with E-state index in [1.54, 1.807) is 22.3 Å². The maximum atomic E-state index is 8.05. The molecule has 0 aliphatic heterocycles. The van der Waals surface area contributed by atoms with Crippen LogP contribution in [-0.2, 0) is 15.9 Å². The summed E-state index contributed by atoms with van der Waals surface area (Å²) in [5, 5.41) is 0. The first-order valence-electron chi connectivity index (χ1n) is 12.5. The molecule has 0 aromatic rings. The van der Waals surface area contributed by atoms with Crippen molar-refractivity contribution in [1.29, 1.82) is 0 Å². The van der Waals surface area contributed by atoms with E-state index in [0.717, 1.165) is 0 Å². The van der Waals surface area contributed by atoms with E-state index in [1.807, 2.05) is 0 Å². The van der Waals surface area contributed by atoms with Crippen molar-refractivity contribution in [3.63, 3.8) is 0 Å². The Balaban J connectivity index is 1.92. The molecular weight excluding hydrogens is 498 g/mol. The molecular formula is C28H42Cl2Zr. The third-order valence-electron chi connectivity index (χ3n) is 8.39. The van der Waals surface area contributed by atoms with E-state index >= 15 is 0 Å². The second-order valence-corrected chi connectivity index (χ2v) is 32.7. The molecule has 2 unspecified atom stereocenters. The Labute approximate surface area is 198 Å². The number of halogens is 2. The Morgan fingerprint density at radius 1 is 0.710 bits per heavy atom. The third kappa shape index (κ3) is 3.96. The van der Waals surface area contributed by atoms with Gasteiger partial charge in [0, 0.05) is 0 Å². The Bertz CT molecular complexity index is 907. The van der Waals surface area contributed by atoms with Crippen LogP contribution >= 0.6 is 17.0 Å². The molecule has 4 rings (SSSR count). The molecule has 0 heterocycles. The predicted octanol–water partition coefficient (Wildman–Crippen LogP) is 9.67. The van der Waals surface area contributed by atoms with Gasteiger partial charge in [-0.05, 0) is 0 Å². The van der Waals surface area contributed by atoms with Crippen molar-refractivity contribution >= 4 is 20.7 Å². The second kappa shape index (κ2) is 7.92. The summed E-state index contributed by atoms with van der Waals surface area (Å²) < 4.78 is 5.16. The van der Waals surface area contributed by atoms with Gasteiger partial charge in [-0.3, -0.25) is 0 Å². The fraction of sp³-hybridized carbons (Fsp3) is 0.679. The summed E-state index contributed by atoms with van der Waals surface area (Å²) in [6.45, 7) is 16.5. The van der Waals surface area contributed by atoms with Gasteiger partial charge in [0.2, 0.25) is 0 Å². The number of rotatable bonds is 2. The number of hydrogen-bond acceptors (Lipinski definition) is 0. The molecule has 0 saturated carbocycles. The minimum atomic E-state index is -4.60. The SMILES string of the molecule is C[CH]=[Zr]([Cl])([Cl])([C]1=CC2=C(CCCC2)C1C(C)(C)C)[C]1=CC2=C(CCCC2)C1C(C)(C)C. The molecule has 4 aliphatic rings. The Hall–Kier alpha value is 0.293. The van der Waals surface area contributed by atoms with E-state index < -0.39 is 15.9 Å². The molecule has 0 nitrogen and oxygen atoms in total. The third-order valence-corrected chi connectivity index (χ3v) is 26.0. The van der Waals surface area contributed by atoms with Crippen molar-refractivity contribution in [2.75, 3.05) is 0 Å². The molecule has 0 saturated heterocycles. The first-order chi connectivity index (χ1) is 14.3. The fourth-order valence-electron chi connectivity index (χ4n) is 7.08. The normalized spacial score (nSPS) is 27.8. The summed E-state index contributed by atoms with van der Waals surface area (Å²) in [5.74, 6) is 0.776. The summed E-state index contributed by atoms with van der Waals surface area (Å²) in [4.78, 5) is 0. The van der Waals surface area contributed by atoms with Gasteiger partial charge in [0.15, 0.2) is 0 Å². The van der Waals surface area contributed by atoms with Crippen LogP contribution in [0.1, 0.15) is 99.8 Å². The topological polar surface area (TPSA) is 0 Å². The van der Waals surface area contributed by atoms with Gasteiger partial charge in [0.1, 0.15) is 0 Å². The standard InChI is InChI=1S/2C13H19.C2H4.2ClH.Zr/c2*1-13(2,3)12-9-8-10-6-4-5-7-11(10)12;1-2;;;/h2*8,12H,4-7H2,1-3H3;1H,2H3;2*1H;/q;;;;;+2/p-2. The van der Waals surface area contributed by atoms with Gasteiger partial charge in [-0.2, -0.15) is 0 Å². The molecule has 0 amide bonds. The first-order valence-corrected chi connectivity index (χ1v) is 22.8. The first kappa shape index (κ1) is 24.4. The molecule has 0 fully saturated rings. The van der Waals surface area contributed by atoms with Crippen LogP contribution in [0.2, 0.25) is 0 Å². The van der Waals surface area contributed by atoms with Crippen LogP contribution in [0.15, 0.2) is 41.0 Å². The fourth-order valence-corrected chi connectivity index (χ4v) is 21.2. The Morgan fingerprint density at radius 3 is 1.39 bits per heavy atom. The summed E-state index contributed by atoms with van der Waals surface area (Å²) >= 11 is -4.60. The van der Waals surface area contributed by atoms with E-state index in [1.165, 1.54) is 57.9 Å². The zero-order chi connectivity index (χ0) is 22.8. The van der Waals surface area contributed by atoms with Crippen molar-refractivity contribution < 1.29 is 15.9 Å². The van der Waals surface area contributed by atoms with Crippen LogP contribution in [-0.4, -0.2) is 3.71 Å². The molecule has 0 N–H and O–H groups in total. The van der Waals surface area contributed by atoms with E-state index in [2.05, 4.69) is 64.3 Å². The van der Waals surface area contributed by atoms with E-state index in [4.69, 9.17) is 17.0 Å². The van der Waals surface area contributed by atoms with Crippen LogP contribution in [0.5, 0.6) is 0 Å². The second-order valence-electron chi connectivity index (χ2n) is 12.7. The van der Waals surface area contributed by atoms with E-state index in [-0.39, 0.29) is 10.8 Å². The summed E-state index contributed by atoms with van der Waals surface area (Å²) in [5.41, 5.74) is 6.69. The van der Waals surface area contributed by atoms with E-state index in [0.29, 0.717) is 11.8 Å². The summed E-state index contributed by atoms with van der Waals surface area (Å²) in [7, 11) is 16.1. The molecule has 0 bridgehead atoms. The molecule has 0 aromatic carbocycles. The zero-order valence-corrected chi connectivity index (χ0v) is 24.8. The van der Waals surface area contributed by atoms with Crippen molar-refractivity contribution in [3.05, 3.63) is 41.0 Å². The minimum absolute atomic E-state index is 0.131. The molecule has 0 spiro atoms. The summed E-state index contributed by atoms with van der Waals surface area (Å²) in [6, 6.07) is 0. The molecule has 0 aromatic heterocycles. The molecule has 0 radical (unpaired) electrons. The molecule has 2 atom stereocenters. The quantitative estimate of drug-likeness (QED) is 0.327. The van der Waals surface area contributed by atoms with Crippen molar-refractivity contribution in [3.8, 4) is 0 Å².